The molecule has 0 aromatic heterocycles. The van der Waals surface area contributed by atoms with Crippen LogP contribution < -0.4 is 4.74 Å². The molecule has 158 valence electrons. The molecule has 3 aromatic rings. The quantitative estimate of drug-likeness (QED) is 0.437. The Bertz CT molecular complexity index is 854. The van der Waals surface area contributed by atoms with E-state index in [1.807, 2.05) is 60.7 Å². The largest absolute Gasteiger partial charge is 0.504 e. The van der Waals surface area contributed by atoms with Crippen LogP contribution in [0, 0.1) is 0 Å². The van der Waals surface area contributed by atoms with E-state index in [-0.39, 0.29) is 12.4 Å². The van der Waals surface area contributed by atoms with Crippen LogP contribution in [0.25, 0.3) is 0 Å². The first-order valence-corrected chi connectivity index (χ1v) is 10.1. The van der Waals surface area contributed by atoms with E-state index in [0.717, 1.165) is 11.1 Å². The Morgan fingerprint density at radius 2 is 1.27 bits per heavy atom. The second kappa shape index (κ2) is 12.0. The van der Waals surface area contributed by atoms with Crippen LogP contribution in [0.4, 0.5) is 0 Å². The third-order valence-corrected chi connectivity index (χ3v) is 4.64. The zero-order chi connectivity index (χ0) is 21.0. The van der Waals surface area contributed by atoms with Gasteiger partial charge in [-0.1, -0.05) is 72.8 Å². The first kappa shape index (κ1) is 21.8. The van der Waals surface area contributed by atoms with E-state index >= 15 is 0 Å². The molecule has 0 heterocycles. The Balaban J connectivity index is 1.52. The number of aliphatic hydroxyl groups excluding tert-OH is 1. The van der Waals surface area contributed by atoms with Crippen molar-refractivity contribution in [3.63, 3.8) is 0 Å². The molecule has 0 aliphatic rings. The van der Waals surface area contributed by atoms with E-state index in [4.69, 9.17) is 14.2 Å². The molecule has 0 saturated carbocycles. The SMILES string of the molecule is Oc1ccccc1O[C@@H](COCc1ccccc1)[C@H](O)CCOCc1ccccc1. The molecule has 3 rings (SSSR count). The van der Waals surface area contributed by atoms with Crippen molar-refractivity contribution < 1.29 is 24.4 Å². The number of para-hydroxylation sites is 2. The van der Waals surface area contributed by atoms with E-state index in [9.17, 15) is 10.2 Å². The van der Waals surface area contributed by atoms with Gasteiger partial charge in [-0.05, 0) is 23.3 Å². The highest BCUT2D eigenvalue weighted by Crippen LogP contribution is 2.26. The lowest BCUT2D eigenvalue weighted by Gasteiger charge is -2.24. The maximum absolute atomic E-state index is 10.7. The van der Waals surface area contributed by atoms with Crippen LogP contribution in [-0.4, -0.2) is 35.6 Å². The van der Waals surface area contributed by atoms with Crippen LogP contribution in [0.1, 0.15) is 17.5 Å². The molecule has 0 aliphatic carbocycles. The van der Waals surface area contributed by atoms with Gasteiger partial charge in [0.15, 0.2) is 11.5 Å². The van der Waals surface area contributed by atoms with Crippen LogP contribution >= 0.6 is 0 Å². The topological polar surface area (TPSA) is 68.2 Å². The summed E-state index contributed by atoms with van der Waals surface area (Å²) >= 11 is 0. The van der Waals surface area contributed by atoms with Crippen molar-refractivity contribution in [2.45, 2.75) is 31.8 Å². The van der Waals surface area contributed by atoms with Crippen molar-refractivity contribution in [1.29, 1.82) is 0 Å². The van der Waals surface area contributed by atoms with Gasteiger partial charge in [0.1, 0.15) is 6.10 Å². The van der Waals surface area contributed by atoms with Crippen LogP contribution in [0.15, 0.2) is 84.9 Å². The van der Waals surface area contributed by atoms with Gasteiger partial charge in [-0.15, -0.1) is 0 Å². The first-order valence-electron chi connectivity index (χ1n) is 10.1. The Labute approximate surface area is 177 Å². The molecular formula is C25H28O5. The van der Waals surface area contributed by atoms with E-state index in [1.165, 1.54) is 0 Å². The highest BCUT2D eigenvalue weighted by atomic mass is 16.5. The fraction of sp³-hybridized carbons (Fsp3) is 0.280. The van der Waals surface area contributed by atoms with Crippen molar-refractivity contribution in [3.8, 4) is 11.5 Å². The summed E-state index contributed by atoms with van der Waals surface area (Å²) in [6.07, 6.45) is -1.06. The molecule has 2 atom stereocenters. The van der Waals surface area contributed by atoms with Gasteiger partial charge in [-0.2, -0.15) is 0 Å². The molecule has 0 fully saturated rings. The minimum absolute atomic E-state index is 0.0260. The van der Waals surface area contributed by atoms with Crippen LogP contribution in [-0.2, 0) is 22.7 Å². The molecule has 0 aliphatic heterocycles. The van der Waals surface area contributed by atoms with E-state index in [1.54, 1.807) is 24.3 Å². The standard InChI is InChI=1S/C25H28O5/c26-22-13-7-8-14-24(22)30-25(19-29-18-21-11-5-2-6-12-21)23(27)15-16-28-17-20-9-3-1-4-10-20/h1-14,23,25-27H,15-19H2/t23-,25+/m1/s1. The Morgan fingerprint density at radius 3 is 1.90 bits per heavy atom. The lowest BCUT2D eigenvalue weighted by atomic mass is 10.1. The number of hydrogen-bond donors (Lipinski definition) is 2. The Morgan fingerprint density at radius 1 is 0.700 bits per heavy atom. The van der Waals surface area contributed by atoms with E-state index < -0.39 is 12.2 Å². The van der Waals surface area contributed by atoms with Crippen molar-refractivity contribution in [3.05, 3.63) is 96.1 Å². The number of benzene rings is 3. The summed E-state index contributed by atoms with van der Waals surface area (Å²) < 4.78 is 17.3. The molecule has 30 heavy (non-hydrogen) atoms. The minimum atomic E-state index is -0.809. The number of aliphatic hydroxyl groups is 1. The molecule has 5 nitrogen and oxygen atoms in total. The first-order chi connectivity index (χ1) is 14.7. The lowest BCUT2D eigenvalue weighted by molar-refractivity contribution is -0.0421. The normalized spacial score (nSPS) is 13.0. The van der Waals surface area contributed by atoms with Crippen molar-refractivity contribution in [2.75, 3.05) is 13.2 Å². The molecule has 0 unspecified atom stereocenters. The monoisotopic (exact) mass is 408 g/mol. The summed E-state index contributed by atoms with van der Waals surface area (Å²) in [6, 6.07) is 26.4. The molecule has 3 aromatic carbocycles. The van der Waals surface area contributed by atoms with Crippen LogP contribution in [0.3, 0.4) is 0 Å². The van der Waals surface area contributed by atoms with Gasteiger partial charge in [0, 0.05) is 13.0 Å². The number of rotatable bonds is 12. The van der Waals surface area contributed by atoms with Crippen LogP contribution in [0.5, 0.6) is 11.5 Å². The maximum atomic E-state index is 10.7. The van der Waals surface area contributed by atoms with Crippen molar-refractivity contribution >= 4 is 0 Å². The predicted molar refractivity (Wildman–Crippen MR) is 115 cm³/mol. The summed E-state index contributed by atoms with van der Waals surface area (Å²) in [4.78, 5) is 0. The zero-order valence-corrected chi connectivity index (χ0v) is 16.9. The second-order valence-corrected chi connectivity index (χ2v) is 7.02. The second-order valence-electron chi connectivity index (χ2n) is 7.02. The van der Waals surface area contributed by atoms with Gasteiger partial charge < -0.3 is 24.4 Å². The Hall–Kier alpha value is -2.86. The Kier molecular flexibility index (Phi) is 8.72. The molecule has 0 spiro atoms. The molecule has 0 radical (unpaired) electrons. The van der Waals surface area contributed by atoms with Gasteiger partial charge in [0.05, 0.1) is 25.9 Å². The predicted octanol–water partition coefficient (Wildman–Crippen LogP) is 4.32. The number of ether oxygens (including phenoxy) is 3. The molecule has 5 heteroatoms. The van der Waals surface area contributed by atoms with E-state index in [0.29, 0.717) is 32.0 Å². The third-order valence-electron chi connectivity index (χ3n) is 4.64. The lowest BCUT2D eigenvalue weighted by Crippen LogP contribution is -2.37. The summed E-state index contributed by atoms with van der Waals surface area (Å²) in [6.45, 7) is 1.47. The van der Waals surface area contributed by atoms with Gasteiger partial charge in [0.2, 0.25) is 0 Å². The number of hydrogen-bond acceptors (Lipinski definition) is 5. The number of phenols is 1. The van der Waals surface area contributed by atoms with Gasteiger partial charge in [-0.3, -0.25) is 0 Å². The van der Waals surface area contributed by atoms with Gasteiger partial charge in [-0.25, -0.2) is 0 Å². The minimum Gasteiger partial charge on any atom is -0.504 e. The fourth-order valence-electron chi connectivity index (χ4n) is 2.96. The summed E-state index contributed by atoms with van der Waals surface area (Å²) in [7, 11) is 0. The van der Waals surface area contributed by atoms with Gasteiger partial charge >= 0.3 is 0 Å². The summed E-state index contributed by atoms with van der Waals surface area (Å²) in [5.41, 5.74) is 2.12. The van der Waals surface area contributed by atoms with Gasteiger partial charge in [0.25, 0.3) is 0 Å². The summed E-state index contributed by atoms with van der Waals surface area (Å²) in [5.74, 6) is 0.341. The molecular weight excluding hydrogens is 380 g/mol. The summed E-state index contributed by atoms with van der Waals surface area (Å²) in [5, 5.41) is 20.7. The average molecular weight is 408 g/mol. The molecule has 0 saturated heterocycles. The molecule has 0 amide bonds. The molecule has 0 bridgehead atoms. The zero-order valence-electron chi connectivity index (χ0n) is 16.9. The van der Waals surface area contributed by atoms with Crippen molar-refractivity contribution in [2.24, 2.45) is 0 Å². The highest BCUT2D eigenvalue weighted by molar-refractivity contribution is 5.38. The number of aromatic hydroxyl groups is 1. The molecule has 2 N–H and O–H groups in total. The van der Waals surface area contributed by atoms with Crippen LogP contribution in [0.2, 0.25) is 0 Å². The third kappa shape index (κ3) is 7.19. The highest BCUT2D eigenvalue weighted by Gasteiger charge is 2.22. The van der Waals surface area contributed by atoms with E-state index in [2.05, 4.69) is 0 Å². The fourth-order valence-corrected chi connectivity index (χ4v) is 2.96. The van der Waals surface area contributed by atoms with Crippen molar-refractivity contribution in [1.82, 2.24) is 0 Å². The smallest absolute Gasteiger partial charge is 0.161 e. The number of phenolic OH excluding ortho intramolecular Hbond substituents is 1. The average Bonchev–Trinajstić information content (AvgIpc) is 2.78. The maximum Gasteiger partial charge on any atom is 0.161 e.